The van der Waals surface area contributed by atoms with E-state index in [2.05, 4.69) is 14.2 Å². The number of aliphatic carboxylic acids is 1. The summed E-state index contributed by atoms with van der Waals surface area (Å²) < 4.78 is 31.5. The molecule has 0 aromatic heterocycles. The van der Waals surface area contributed by atoms with Gasteiger partial charge in [-0.05, 0) is 12.5 Å². The third-order valence-electron chi connectivity index (χ3n) is 3.62. The summed E-state index contributed by atoms with van der Waals surface area (Å²) >= 11 is 0. The first-order valence-corrected chi connectivity index (χ1v) is 10.2. The minimum absolute atomic E-state index is 0. The van der Waals surface area contributed by atoms with Gasteiger partial charge in [0.1, 0.15) is 11.8 Å². The van der Waals surface area contributed by atoms with Gasteiger partial charge >= 0.3 is 73.6 Å². The molecule has 12 nitrogen and oxygen atoms in total. The normalized spacial score (nSPS) is 15.6. The molecule has 1 aromatic rings. The van der Waals surface area contributed by atoms with Crippen molar-refractivity contribution >= 4 is 34.1 Å². The number of nitrogens with two attached hydrogens (primary N) is 1. The van der Waals surface area contributed by atoms with Crippen LogP contribution in [0.3, 0.4) is 0 Å². The Balaban J connectivity index is 0. The molecule has 0 aliphatic carbocycles. The van der Waals surface area contributed by atoms with Gasteiger partial charge in [-0.25, -0.2) is 9.52 Å². The van der Waals surface area contributed by atoms with Gasteiger partial charge in [0, 0.05) is 12.5 Å². The van der Waals surface area contributed by atoms with E-state index in [1.807, 2.05) is 18.2 Å². The quantitative estimate of drug-likeness (QED) is 0.214. The molecule has 1 aliphatic heterocycles. The number of carbonyl (C=O) groups is 4. The Morgan fingerprint density at radius 1 is 1.28 bits per heavy atom. The topological polar surface area (TPSA) is 191 Å². The fourth-order valence-electron chi connectivity index (χ4n) is 2.30. The second kappa shape index (κ2) is 14.4. The van der Waals surface area contributed by atoms with Crippen molar-refractivity contribution in [2.24, 2.45) is 5.73 Å². The number of amides is 2. The number of ether oxygens (including phenoxy) is 1. The maximum Gasteiger partial charge on any atom is 1.00 e. The van der Waals surface area contributed by atoms with Crippen LogP contribution in [0.1, 0.15) is 20.3 Å². The Labute approximate surface area is 229 Å². The van der Waals surface area contributed by atoms with Crippen LogP contribution in [0.2, 0.25) is 0 Å². The largest absolute Gasteiger partial charge is 1.00 e. The Bertz CT molecular complexity index is 958. The van der Waals surface area contributed by atoms with E-state index in [0.29, 0.717) is 0 Å². The summed E-state index contributed by atoms with van der Waals surface area (Å²) in [6.45, 7) is 1.39. The van der Waals surface area contributed by atoms with E-state index in [9.17, 15) is 27.6 Å². The maximum atomic E-state index is 11.8. The zero-order valence-electron chi connectivity index (χ0n) is 18.7. The number of allylic oxidation sites excluding steroid dienone is 1. The fraction of sp³-hybridized carbons (Fsp3) is 0.333. The van der Waals surface area contributed by atoms with Gasteiger partial charge in [-0.1, -0.05) is 30.3 Å². The second-order valence-electron chi connectivity index (χ2n) is 6.24. The molecule has 172 valence electrons. The Morgan fingerprint density at radius 3 is 2.34 bits per heavy atom. The van der Waals surface area contributed by atoms with Crippen LogP contribution in [0.5, 0.6) is 0 Å². The zero-order chi connectivity index (χ0) is 23.6. The Kier molecular flexibility index (Phi) is 13.5. The Morgan fingerprint density at radius 2 is 1.88 bits per heavy atom. The third-order valence-corrected chi connectivity index (χ3v) is 4.55. The van der Waals surface area contributed by atoms with E-state index in [1.54, 1.807) is 16.9 Å². The van der Waals surface area contributed by atoms with E-state index in [1.165, 1.54) is 14.0 Å². The van der Waals surface area contributed by atoms with Crippen molar-refractivity contribution in [3.05, 3.63) is 47.7 Å². The second-order valence-corrected chi connectivity index (χ2v) is 7.52. The van der Waals surface area contributed by atoms with Crippen LogP contribution in [-0.2, 0) is 44.8 Å². The SMILES string of the molecule is CC1=CC(=O)NS(=O)(=O)O1.COC(=O)[C@H](Cc1ccccc1)NC(=O)[C@@H](N)CC(=O)O.[H-].[K+]. The number of rotatable bonds is 7. The molecular weight excluding hydrogens is 473 g/mol. The van der Waals surface area contributed by atoms with Gasteiger partial charge < -0.3 is 26.5 Å². The number of nitrogens with one attached hydrogen (secondary N) is 2. The van der Waals surface area contributed by atoms with Crippen molar-refractivity contribution in [1.29, 1.82) is 0 Å². The summed E-state index contributed by atoms with van der Waals surface area (Å²) in [4.78, 5) is 44.5. The van der Waals surface area contributed by atoms with E-state index in [-0.39, 0.29) is 65.0 Å². The molecule has 14 heteroatoms. The van der Waals surface area contributed by atoms with Crippen molar-refractivity contribution in [3.8, 4) is 0 Å². The molecule has 0 spiro atoms. The predicted octanol–water partition coefficient (Wildman–Crippen LogP) is -3.91. The molecule has 0 saturated carbocycles. The van der Waals surface area contributed by atoms with E-state index >= 15 is 0 Å². The maximum absolute atomic E-state index is 11.8. The van der Waals surface area contributed by atoms with Crippen molar-refractivity contribution in [3.63, 3.8) is 0 Å². The molecule has 0 unspecified atom stereocenters. The molecule has 0 bridgehead atoms. The van der Waals surface area contributed by atoms with Crippen LogP contribution in [0, 0.1) is 0 Å². The summed E-state index contributed by atoms with van der Waals surface area (Å²) in [6.07, 6.45) is 0.783. The van der Waals surface area contributed by atoms with Gasteiger partial charge in [-0.15, -0.1) is 0 Å². The number of carboxylic acid groups (broad SMARTS) is 1. The van der Waals surface area contributed by atoms with Crippen molar-refractivity contribution in [2.75, 3.05) is 7.11 Å². The fourth-order valence-corrected chi connectivity index (χ4v) is 3.04. The third kappa shape index (κ3) is 11.7. The van der Waals surface area contributed by atoms with Gasteiger partial charge in [-0.3, -0.25) is 14.4 Å². The predicted molar refractivity (Wildman–Crippen MR) is 107 cm³/mol. The number of benzene rings is 1. The van der Waals surface area contributed by atoms with Crippen molar-refractivity contribution < 1.29 is 94.4 Å². The molecule has 5 N–H and O–H groups in total. The van der Waals surface area contributed by atoms with Gasteiger partial charge in [0.25, 0.3) is 5.91 Å². The summed E-state index contributed by atoms with van der Waals surface area (Å²) in [5.74, 6) is -3.11. The van der Waals surface area contributed by atoms with Crippen molar-refractivity contribution in [2.45, 2.75) is 31.8 Å². The van der Waals surface area contributed by atoms with Crippen LogP contribution in [0.4, 0.5) is 0 Å². The van der Waals surface area contributed by atoms with Crippen molar-refractivity contribution in [1.82, 2.24) is 10.0 Å². The van der Waals surface area contributed by atoms with E-state index < -0.39 is 52.6 Å². The summed E-state index contributed by atoms with van der Waals surface area (Å²) in [6, 6.07) is 6.93. The molecule has 2 rings (SSSR count). The summed E-state index contributed by atoms with van der Waals surface area (Å²) in [5, 5.41) is 11.0. The van der Waals surface area contributed by atoms with Crippen LogP contribution in [0.15, 0.2) is 42.2 Å². The molecule has 2 atom stereocenters. The first-order valence-electron chi connectivity index (χ1n) is 8.77. The van der Waals surface area contributed by atoms with Gasteiger partial charge in [0.2, 0.25) is 5.91 Å². The number of carboxylic acids is 1. The summed E-state index contributed by atoms with van der Waals surface area (Å²) in [5.41, 5.74) is 6.29. The number of hydrogen-bond donors (Lipinski definition) is 4. The van der Waals surface area contributed by atoms with Gasteiger partial charge in [0.15, 0.2) is 0 Å². The van der Waals surface area contributed by atoms with Crippen LogP contribution < -0.4 is 67.2 Å². The van der Waals surface area contributed by atoms with Gasteiger partial charge in [0.05, 0.1) is 19.6 Å². The molecule has 0 saturated heterocycles. The number of hydrogen-bond acceptors (Lipinski definition) is 9. The standard InChI is InChI=1S/C14H18N2O5.C4H5NO4S.K.H/c1-21-14(20)11(7-9-5-3-2-4-6-9)16-13(19)10(15)8-12(17)18;1-3-2-4(6)5-10(7,8)9-3;;/h2-6,10-11H,7-8,15H2,1H3,(H,16,19)(H,17,18);2H,1H3,(H,5,6);;/q;;+1;-1/t10-,11-;;;/m0.../s1. The monoisotopic (exact) mass is 497 g/mol. The van der Waals surface area contributed by atoms with Crippen LogP contribution in [0.25, 0.3) is 0 Å². The molecule has 32 heavy (non-hydrogen) atoms. The first kappa shape index (κ1) is 30.2. The smallest absolute Gasteiger partial charge is 1.00 e. The molecule has 0 radical (unpaired) electrons. The molecule has 2 amide bonds. The first-order chi connectivity index (χ1) is 14.4. The van der Waals surface area contributed by atoms with Crippen LogP contribution >= 0.6 is 0 Å². The summed E-state index contributed by atoms with van der Waals surface area (Å²) in [7, 11) is -2.64. The molecular formula is C18H24KN3O9S. The van der Waals surface area contributed by atoms with Crippen LogP contribution in [-0.4, -0.2) is 56.5 Å². The number of esters is 1. The average Bonchev–Trinajstić information content (AvgIpc) is 2.65. The minimum atomic E-state index is -3.85. The number of methoxy groups -OCH3 is 1. The molecule has 1 aromatic carbocycles. The molecule has 1 aliphatic rings. The zero-order valence-corrected chi connectivity index (χ0v) is 21.7. The Hall–Kier alpha value is -1.81. The van der Waals surface area contributed by atoms with Gasteiger partial charge in [-0.2, -0.15) is 8.42 Å². The number of carbonyl (C=O) groups excluding carboxylic acids is 3. The molecule has 1 heterocycles. The minimum Gasteiger partial charge on any atom is -1.00 e. The molecule has 0 fully saturated rings. The average molecular weight is 498 g/mol. The van der Waals surface area contributed by atoms with E-state index in [0.717, 1.165) is 11.6 Å². The van der Waals surface area contributed by atoms with E-state index in [4.69, 9.17) is 10.8 Å².